The summed E-state index contributed by atoms with van der Waals surface area (Å²) >= 11 is 0. The topological polar surface area (TPSA) is 41.6 Å². The van der Waals surface area contributed by atoms with Gasteiger partial charge in [-0.25, -0.2) is 0 Å². The Morgan fingerprint density at radius 2 is 2.06 bits per heavy atom. The lowest BCUT2D eigenvalue weighted by molar-refractivity contribution is 0.0789. The fourth-order valence-corrected chi connectivity index (χ4v) is 2.10. The maximum atomic E-state index is 12.2. The number of likely N-dealkylation sites (tertiary alicyclic amines) is 1. The van der Waals surface area contributed by atoms with Crippen LogP contribution in [0.4, 0.5) is 0 Å². The van der Waals surface area contributed by atoms with E-state index in [-0.39, 0.29) is 18.3 Å². The van der Waals surface area contributed by atoms with Gasteiger partial charge in [0.15, 0.2) is 0 Å². The Morgan fingerprint density at radius 1 is 1.39 bits per heavy atom. The van der Waals surface area contributed by atoms with Crippen molar-refractivity contribution in [3.05, 3.63) is 29.8 Å². The zero-order valence-electron chi connectivity index (χ0n) is 10.7. The molecule has 0 saturated carbocycles. The zero-order chi connectivity index (χ0) is 12.3. The third-order valence-corrected chi connectivity index (χ3v) is 3.22. The summed E-state index contributed by atoms with van der Waals surface area (Å²) in [6.45, 7) is 1.62. The lowest BCUT2D eigenvalue weighted by Crippen LogP contribution is -2.33. The quantitative estimate of drug-likeness (QED) is 0.906. The summed E-state index contributed by atoms with van der Waals surface area (Å²) in [7, 11) is 3.56. The van der Waals surface area contributed by atoms with Crippen LogP contribution >= 0.6 is 12.4 Å². The first-order valence-electron chi connectivity index (χ1n) is 5.85. The van der Waals surface area contributed by atoms with Crippen LogP contribution in [0.25, 0.3) is 0 Å². The Kier molecular flexibility index (Phi) is 5.44. The third-order valence-electron chi connectivity index (χ3n) is 3.22. The normalized spacial score (nSPS) is 18.3. The number of benzene rings is 1. The molecule has 1 heterocycles. The van der Waals surface area contributed by atoms with E-state index >= 15 is 0 Å². The molecule has 0 spiro atoms. The number of ether oxygens (including phenoxy) is 1. The Bertz CT molecular complexity index is 394. The van der Waals surface area contributed by atoms with Crippen LogP contribution in [0.15, 0.2) is 24.3 Å². The first-order chi connectivity index (χ1) is 8.24. The number of amides is 1. The molecule has 1 atom stereocenters. The van der Waals surface area contributed by atoms with Crippen molar-refractivity contribution in [2.75, 3.05) is 27.2 Å². The van der Waals surface area contributed by atoms with Crippen LogP contribution < -0.4 is 10.1 Å². The highest BCUT2D eigenvalue weighted by molar-refractivity contribution is 5.94. The molecule has 100 valence electrons. The van der Waals surface area contributed by atoms with Crippen molar-refractivity contribution in [3.8, 4) is 5.75 Å². The highest BCUT2D eigenvalue weighted by Crippen LogP contribution is 2.16. The Morgan fingerprint density at radius 3 is 2.56 bits per heavy atom. The van der Waals surface area contributed by atoms with Gasteiger partial charge in [0.05, 0.1) is 7.11 Å². The van der Waals surface area contributed by atoms with Crippen molar-refractivity contribution >= 4 is 18.3 Å². The van der Waals surface area contributed by atoms with E-state index in [1.54, 1.807) is 7.11 Å². The zero-order valence-corrected chi connectivity index (χ0v) is 11.5. The van der Waals surface area contributed by atoms with Gasteiger partial charge in [0.2, 0.25) is 0 Å². The molecule has 1 N–H and O–H groups in total. The minimum Gasteiger partial charge on any atom is -0.497 e. The Balaban J connectivity index is 0.00000162. The molecule has 1 aliphatic rings. The molecule has 0 bridgehead atoms. The summed E-state index contributed by atoms with van der Waals surface area (Å²) < 4.78 is 5.07. The predicted octanol–water partition coefficient (Wildman–Crippen LogP) is 1.55. The van der Waals surface area contributed by atoms with Crippen LogP contribution in [0.5, 0.6) is 5.75 Å². The second-order valence-electron chi connectivity index (χ2n) is 4.25. The molecule has 1 aliphatic heterocycles. The molecular weight excluding hydrogens is 252 g/mol. The molecule has 5 heteroatoms. The minimum absolute atomic E-state index is 0. The largest absolute Gasteiger partial charge is 0.497 e. The molecule has 0 radical (unpaired) electrons. The van der Waals surface area contributed by atoms with Crippen LogP contribution in [0.1, 0.15) is 16.8 Å². The van der Waals surface area contributed by atoms with Crippen LogP contribution in [0.3, 0.4) is 0 Å². The number of carbonyl (C=O) groups is 1. The molecule has 1 aromatic rings. The first-order valence-corrected chi connectivity index (χ1v) is 5.85. The average Bonchev–Trinajstić information content (AvgIpc) is 2.87. The van der Waals surface area contributed by atoms with E-state index in [0.29, 0.717) is 6.04 Å². The van der Waals surface area contributed by atoms with Crippen LogP contribution in [-0.4, -0.2) is 44.1 Å². The molecule has 1 saturated heterocycles. The van der Waals surface area contributed by atoms with E-state index in [1.165, 1.54) is 0 Å². The van der Waals surface area contributed by atoms with Crippen LogP contribution in [-0.2, 0) is 0 Å². The number of hydrogen-bond acceptors (Lipinski definition) is 3. The number of nitrogens with zero attached hydrogens (tertiary/aromatic N) is 1. The standard InChI is InChI=1S/C13H18N2O2.ClH/c1-14-11-7-8-15(9-11)13(16)10-3-5-12(17-2)6-4-10;/h3-6,11,14H,7-9H2,1-2H3;1H. The molecule has 1 unspecified atom stereocenters. The smallest absolute Gasteiger partial charge is 0.253 e. The third kappa shape index (κ3) is 3.15. The predicted molar refractivity (Wildman–Crippen MR) is 73.6 cm³/mol. The number of methoxy groups -OCH3 is 1. The van der Waals surface area contributed by atoms with Gasteiger partial charge < -0.3 is 15.0 Å². The second-order valence-corrected chi connectivity index (χ2v) is 4.25. The maximum Gasteiger partial charge on any atom is 0.253 e. The molecular formula is C13H19ClN2O2. The van der Waals surface area contributed by atoms with Gasteiger partial charge in [0, 0.05) is 24.7 Å². The fraction of sp³-hybridized carbons (Fsp3) is 0.462. The van der Waals surface area contributed by atoms with E-state index < -0.39 is 0 Å². The summed E-state index contributed by atoms with van der Waals surface area (Å²) in [4.78, 5) is 14.1. The van der Waals surface area contributed by atoms with E-state index in [0.717, 1.165) is 30.8 Å². The molecule has 0 aromatic heterocycles. The Hall–Kier alpha value is -1.26. The Labute approximate surface area is 114 Å². The summed E-state index contributed by atoms with van der Waals surface area (Å²) in [6, 6.07) is 7.69. The molecule has 18 heavy (non-hydrogen) atoms. The van der Waals surface area contributed by atoms with E-state index in [4.69, 9.17) is 4.74 Å². The summed E-state index contributed by atoms with van der Waals surface area (Å²) in [6.07, 6.45) is 1.03. The average molecular weight is 271 g/mol. The second kappa shape index (κ2) is 6.61. The molecule has 1 amide bonds. The lowest BCUT2D eigenvalue weighted by Gasteiger charge is -2.16. The summed E-state index contributed by atoms with van der Waals surface area (Å²) in [5.41, 5.74) is 0.725. The SMILES string of the molecule is CNC1CCN(C(=O)c2ccc(OC)cc2)C1.Cl. The van der Waals surface area contributed by atoms with Gasteiger partial charge >= 0.3 is 0 Å². The molecule has 1 aromatic carbocycles. The van der Waals surface area contributed by atoms with E-state index in [9.17, 15) is 4.79 Å². The summed E-state index contributed by atoms with van der Waals surface area (Å²) in [5, 5.41) is 3.20. The number of nitrogens with one attached hydrogen (secondary N) is 1. The van der Waals surface area contributed by atoms with Crippen molar-refractivity contribution < 1.29 is 9.53 Å². The molecule has 0 aliphatic carbocycles. The number of carbonyl (C=O) groups excluding carboxylic acids is 1. The van der Waals surface area contributed by atoms with Crippen molar-refractivity contribution in [1.29, 1.82) is 0 Å². The van der Waals surface area contributed by atoms with E-state index in [2.05, 4.69) is 5.32 Å². The molecule has 2 rings (SSSR count). The maximum absolute atomic E-state index is 12.2. The van der Waals surface area contributed by atoms with Gasteiger partial charge in [-0.3, -0.25) is 4.79 Å². The highest BCUT2D eigenvalue weighted by atomic mass is 35.5. The van der Waals surface area contributed by atoms with Crippen molar-refractivity contribution in [2.24, 2.45) is 0 Å². The van der Waals surface area contributed by atoms with Crippen LogP contribution in [0.2, 0.25) is 0 Å². The van der Waals surface area contributed by atoms with Crippen molar-refractivity contribution in [2.45, 2.75) is 12.5 Å². The minimum atomic E-state index is 0. The van der Waals surface area contributed by atoms with Gasteiger partial charge in [-0.05, 0) is 37.7 Å². The van der Waals surface area contributed by atoms with Gasteiger partial charge in [0.1, 0.15) is 5.75 Å². The van der Waals surface area contributed by atoms with Crippen molar-refractivity contribution in [3.63, 3.8) is 0 Å². The first kappa shape index (κ1) is 14.8. The number of likely N-dealkylation sites (N-methyl/N-ethyl adjacent to an activating group) is 1. The van der Waals surface area contributed by atoms with Gasteiger partial charge in [-0.2, -0.15) is 0 Å². The van der Waals surface area contributed by atoms with Crippen molar-refractivity contribution in [1.82, 2.24) is 10.2 Å². The summed E-state index contributed by atoms with van der Waals surface area (Å²) in [5.74, 6) is 0.876. The van der Waals surface area contributed by atoms with Gasteiger partial charge in [-0.15, -0.1) is 12.4 Å². The van der Waals surface area contributed by atoms with Gasteiger partial charge in [-0.1, -0.05) is 0 Å². The highest BCUT2D eigenvalue weighted by Gasteiger charge is 2.25. The molecule has 4 nitrogen and oxygen atoms in total. The fourth-order valence-electron chi connectivity index (χ4n) is 2.10. The van der Waals surface area contributed by atoms with Crippen LogP contribution in [0, 0.1) is 0 Å². The van der Waals surface area contributed by atoms with E-state index in [1.807, 2.05) is 36.2 Å². The number of rotatable bonds is 3. The monoisotopic (exact) mass is 270 g/mol. The number of hydrogen-bond donors (Lipinski definition) is 1. The lowest BCUT2D eigenvalue weighted by atomic mass is 10.2. The molecule has 1 fully saturated rings. The number of halogens is 1. The van der Waals surface area contributed by atoms with Gasteiger partial charge in [0.25, 0.3) is 5.91 Å².